The molecule has 0 aliphatic carbocycles. The van der Waals surface area contributed by atoms with E-state index in [2.05, 4.69) is 10.1 Å². The molecule has 0 saturated heterocycles. The van der Waals surface area contributed by atoms with Gasteiger partial charge in [-0.2, -0.15) is 22.8 Å². The van der Waals surface area contributed by atoms with Crippen molar-refractivity contribution in [3.8, 4) is 17.1 Å². The normalized spacial score (nSPS) is 12.1. The molecule has 126 valence electrons. The fourth-order valence-corrected chi connectivity index (χ4v) is 2.70. The largest absolute Gasteiger partial charge is 0.493 e. The zero-order valence-corrected chi connectivity index (χ0v) is 13.6. The fourth-order valence-electron chi connectivity index (χ4n) is 2.57. The highest BCUT2D eigenvalue weighted by molar-refractivity contribution is 6.30. The third kappa shape index (κ3) is 2.91. The average Bonchev–Trinajstić information content (AvgIpc) is 2.81. The molecular formula is C16H13ClF3N3O. The van der Waals surface area contributed by atoms with Gasteiger partial charge in [0.1, 0.15) is 0 Å². The molecule has 0 atom stereocenters. The van der Waals surface area contributed by atoms with E-state index < -0.39 is 18.5 Å². The average molecular weight is 356 g/mol. The Kier molecular flexibility index (Phi) is 3.91. The third-order valence-electron chi connectivity index (χ3n) is 3.77. The van der Waals surface area contributed by atoms with Crippen LogP contribution >= 0.6 is 11.6 Å². The Labute approximate surface area is 140 Å². The minimum atomic E-state index is -4.45. The van der Waals surface area contributed by atoms with Gasteiger partial charge < -0.3 is 5.11 Å². The van der Waals surface area contributed by atoms with Crippen LogP contribution in [0.3, 0.4) is 0 Å². The van der Waals surface area contributed by atoms with Crippen molar-refractivity contribution in [3.05, 3.63) is 46.1 Å². The predicted molar refractivity (Wildman–Crippen MR) is 84.3 cm³/mol. The Bertz CT molecular complexity index is 917. The molecule has 3 rings (SSSR count). The zero-order valence-electron chi connectivity index (χ0n) is 12.8. The Morgan fingerprint density at radius 2 is 1.79 bits per heavy atom. The lowest BCUT2D eigenvalue weighted by molar-refractivity contribution is -0.127. The summed E-state index contributed by atoms with van der Waals surface area (Å²) in [6, 6.07) is 6.87. The van der Waals surface area contributed by atoms with Crippen LogP contribution in [-0.2, 0) is 6.42 Å². The molecule has 2 heterocycles. The highest BCUT2D eigenvalue weighted by Gasteiger charge is 2.32. The standard InChI is InChI=1S/C16H13ClF3N3O/c1-8-13(10-3-5-11(17)6-4-10)22-23-14(8)21-9(2)12(15(23)24)7-16(18,19)20/h3-6,24H,7H2,1-2H3. The molecule has 1 N–H and O–H groups in total. The van der Waals surface area contributed by atoms with Crippen molar-refractivity contribution in [1.82, 2.24) is 14.6 Å². The van der Waals surface area contributed by atoms with E-state index in [0.29, 0.717) is 21.9 Å². The number of hydrogen-bond acceptors (Lipinski definition) is 3. The minimum Gasteiger partial charge on any atom is -0.493 e. The molecule has 0 fully saturated rings. The SMILES string of the molecule is Cc1nc2c(C)c(-c3ccc(Cl)cc3)nn2c(O)c1CC(F)(F)F. The molecule has 0 aliphatic heterocycles. The smallest absolute Gasteiger partial charge is 0.393 e. The number of rotatable bonds is 2. The summed E-state index contributed by atoms with van der Waals surface area (Å²) in [5.41, 5.74) is 2.09. The summed E-state index contributed by atoms with van der Waals surface area (Å²) in [6.07, 6.45) is -5.71. The quantitative estimate of drug-likeness (QED) is 0.737. The number of aryl methyl sites for hydroxylation is 2. The summed E-state index contributed by atoms with van der Waals surface area (Å²) in [5.74, 6) is -0.543. The van der Waals surface area contributed by atoms with E-state index in [9.17, 15) is 18.3 Å². The maximum atomic E-state index is 12.7. The van der Waals surface area contributed by atoms with Gasteiger partial charge in [0.2, 0.25) is 5.88 Å². The second-order valence-corrected chi connectivity index (χ2v) is 5.94. The topological polar surface area (TPSA) is 50.4 Å². The Morgan fingerprint density at radius 1 is 1.17 bits per heavy atom. The van der Waals surface area contributed by atoms with Crippen molar-refractivity contribution in [1.29, 1.82) is 0 Å². The van der Waals surface area contributed by atoms with Gasteiger partial charge in [-0.3, -0.25) is 0 Å². The van der Waals surface area contributed by atoms with Gasteiger partial charge in [-0.25, -0.2) is 4.98 Å². The van der Waals surface area contributed by atoms with E-state index in [0.717, 1.165) is 10.1 Å². The number of aromatic nitrogens is 3. The molecule has 1 aromatic carbocycles. The lowest BCUT2D eigenvalue weighted by atomic mass is 10.1. The van der Waals surface area contributed by atoms with E-state index in [1.165, 1.54) is 6.92 Å². The van der Waals surface area contributed by atoms with Crippen LogP contribution in [0.5, 0.6) is 5.88 Å². The van der Waals surface area contributed by atoms with Gasteiger partial charge in [-0.1, -0.05) is 23.7 Å². The first kappa shape index (κ1) is 16.6. The molecule has 0 amide bonds. The van der Waals surface area contributed by atoms with Crippen LogP contribution in [0.15, 0.2) is 24.3 Å². The monoisotopic (exact) mass is 355 g/mol. The number of hydrogen-bond donors (Lipinski definition) is 1. The second kappa shape index (κ2) is 5.66. The predicted octanol–water partition coefficient (Wildman–Crippen LogP) is 4.48. The molecule has 4 nitrogen and oxygen atoms in total. The van der Waals surface area contributed by atoms with Crippen LogP contribution in [0.4, 0.5) is 13.2 Å². The van der Waals surface area contributed by atoms with Crippen LogP contribution in [0.25, 0.3) is 16.9 Å². The summed E-state index contributed by atoms with van der Waals surface area (Å²) in [7, 11) is 0. The molecule has 24 heavy (non-hydrogen) atoms. The number of fused-ring (bicyclic) bond motifs is 1. The Balaban J connectivity index is 2.21. The first-order chi connectivity index (χ1) is 11.2. The van der Waals surface area contributed by atoms with Gasteiger partial charge in [-0.05, 0) is 26.0 Å². The number of benzene rings is 1. The lowest BCUT2D eigenvalue weighted by Crippen LogP contribution is -2.14. The highest BCUT2D eigenvalue weighted by Crippen LogP contribution is 2.33. The molecule has 0 saturated carbocycles. The minimum absolute atomic E-state index is 0.128. The first-order valence-electron chi connectivity index (χ1n) is 7.08. The summed E-state index contributed by atoms with van der Waals surface area (Å²) < 4.78 is 39.2. The van der Waals surface area contributed by atoms with E-state index in [1.54, 1.807) is 31.2 Å². The molecule has 3 aromatic rings. The number of halogens is 4. The van der Waals surface area contributed by atoms with Crippen molar-refractivity contribution in [2.75, 3.05) is 0 Å². The van der Waals surface area contributed by atoms with Crippen molar-refractivity contribution >= 4 is 17.2 Å². The molecule has 0 unspecified atom stereocenters. The first-order valence-corrected chi connectivity index (χ1v) is 7.45. The molecule has 0 spiro atoms. The van der Waals surface area contributed by atoms with Crippen LogP contribution in [-0.4, -0.2) is 25.9 Å². The molecule has 0 aliphatic rings. The summed E-state index contributed by atoms with van der Waals surface area (Å²) >= 11 is 5.86. The summed E-state index contributed by atoms with van der Waals surface area (Å²) in [5, 5.41) is 15.1. The molecule has 2 aromatic heterocycles. The number of alkyl halides is 3. The fraction of sp³-hybridized carbons (Fsp3) is 0.250. The molecule has 8 heteroatoms. The third-order valence-corrected chi connectivity index (χ3v) is 4.02. The Hall–Kier alpha value is -2.28. The van der Waals surface area contributed by atoms with E-state index >= 15 is 0 Å². The zero-order chi connectivity index (χ0) is 17.6. The van der Waals surface area contributed by atoms with Gasteiger partial charge in [0.25, 0.3) is 0 Å². The van der Waals surface area contributed by atoms with Gasteiger partial charge in [-0.15, -0.1) is 0 Å². The molecular weight excluding hydrogens is 343 g/mol. The van der Waals surface area contributed by atoms with Crippen molar-refractivity contribution in [3.63, 3.8) is 0 Å². The maximum Gasteiger partial charge on any atom is 0.393 e. The number of nitrogens with zero attached hydrogens (tertiary/aromatic N) is 3. The van der Waals surface area contributed by atoms with Gasteiger partial charge in [0, 0.05) is 27.4 Å². The highest BCUT2D eigenvalue weighted by atomic mass is 35.5. The maximum absolute atomic E-state index is 12.7. The van der Waals surface area contributed by atoms with E-state index in [4.69, 9.17) is 11.6 Å². The van der Waals surface area contributed by atoms with Gasteiger partial charge >= 0.3 is 6.18 Å². The van der Waals surface area contributed by atoms with Crippen LogP contribution in [0, 0.1) is 13.8 Å². The van der Waals surface area contributed by atoms with Crippen molar-refractivity contribution in [2.45, 2.75) is 26.4 Å². The number of aromatic hydroxyl groups is 1. The van der Waals surface area contributed by atoms with Crippen LogP contribution in [0.2, 0.25) is 5.02 Å². The summed E-state index contributed by atoms with van der Waals surface area (Å²) in [4.78, 5) is 4.20. The lowest BCUT2D eigenvalue weighted by Gasteiger charge is -2.11. The molecule has 0 bridgehead atoms. The summed E-state index contributed by atoms with van der Waals surface area (Å²) in [6.45, 7) is 3.19. The van der Waals surface area contributed by atoms with Crippen LogP contribution < -0.4 is 0 Å². The molecule has 0 radical (unpaired) electrons. The van der Waals surface area contributed by atoms with Crippen molar-refractivity contribution in [2.24, 2.45) is 0 Å². The second-order valence-electron chi connectivity index (χ2n) is 5.51. The van der Waals surface area contributed by atoms with Crippen LogP contribution in [0.1, 0.15) is 16.8 Å². The van der Waals surface area contributed by atoms with Gasteiger partial charge in [0.15, 0.2) is 5.65 Å². The van der Waals surface area contributed by atoms with E-state index in [-0.39, 0.29) is 11.3 Å². The van der Waals surface area contributed by atoms with Crippen molar-refractivity contribution < 1.29 is 18.3 Å². The van der Waals surface area contributed by atoms with Gasteiger partial charge in [0.05, 0.1) is 12.1 Å². The Morgan fingerprint density at radius 3 is 2.38 bits per heavy atom. The van der Waals surface area contributed by atoms with E-state index in [1.807, 2.05) is 0 Å².